The predicted octanol–water partition coefficient (Wildman–Crippen LogP) is 2.68. The second kappa shape index (κ2) is 6.13. The zero-order valence-electron chi connectivity index (χ0n) is 11.6. The first-order valence-corrected chi connectivity index (χ1v) is 6.13. The SMILES string of the molecule is COc1cc(NC(=O)c2ccc(F)cc2N)cc(OC)c1. The zero-order chi connectivity index (χ0) is 15.4. The molecule has 0 saturated heterocycles. The van der Waals surface area contributed by atoms with Gasteiger partial charge in [-0.05, 0) is 18.2 Å². The molecule has 0 aliphatic heterocycles. The standard InChI is InChI=1S/C15H15FN2O3/c1-20-11-6-10(7-12(8-11)21-2)18-15(19)13-4-3-9(16)5-14(13)17/h3-8H,17H2,1-2H3,(H,18,19). The van der Waals surface area contributed by atoms with E-state index in [0.29, 0.717) is 17.2 Å². The highest BCUT2D eigenvalue weighted by Crippen LogP contribution is 2.26. The molecule has 0 fully saturated rings. The molecule has 2 aromatic carbocycles. The summed E-state index contributed by atoms with van der Waals surface area (Å²) in [6.07, 6.45) is 0. The van der Waals surface area contributed by atoms with Gasteiger partial charge in [-0.3, -0.25) is 4.79 Å². The number of nitrogens with one attached hydrogen (secondary N) is 1. The van der Waals surface area contributed by atoms with E-state index in [1.807, 2.05) is 0 Å². The van der Waals surface area contributed by atoms with Gasteiger partial charge < -0.3 is 20.5 Å². The highest BCUT2D eigenvalue weighted by atomic mass is 19.1. The van der Waals surface area contributed by atoms with Crippen molar-refractivity contribution in [3.63, 3.8) is 0 Å². The Hall–Kier alpha value is -2.76. The number of rotatable bonds is 4. The van der Waals surface area contributed by atoms with Crippen LogP contribution in [0.4, 0.5) is 15.8 Å². The molecule has 1 amide bonds. The van der Waals surface area contributed by atoms with Crippen LogP contribution in [-0.2, 0) is 0 Å². The Morgan fingerprint density at radius 2 is 1.71 bits per heavy atom. The Balaban J connectivity index is 2.26. The summed E-state index contributed by atoms with van der Waals surface area (Å²) < 4.78 is 23.2. The van der Waals surface area contributed by atoms with E-state index in [4.69, 9.17) is 15.2 Å². The van der Waals surface area contributed by atoms with E-state index >= 15 is 0 Å². The molecule has 0 atom stereocenters. The van der Waals surface area contributed by atoms with E-state index in [1.54, 1.807) is 18.2 Å². The van der Waals surface area contributed by atoms with Gasteiger partial charge in [-0.25, -0.2) is 4.39 Å². The summed E-state index contributed by atoms with van der Waals surface area (Å²) in [4.78, 5) is 12.2. The van der Waals surface area contributed by atoms with Gasteiger partial charge in [0.25, 0.3) is 5.91 Å². The van der Waals surface area contributed by atoms with Crippen molar-refractivity contribution >= 4 is 17.3 Å². The van der Waals surface area contributed by atoms with E-state index in [2.05, 4.69) is 5.32 Å². The third-order valence-electron chi connectivity index (χ3n) is 2.87. The number of ether oxygens (including phenoxy) is 2. The van der Waals surface area contributed by atoms with Crippen LogP contribution in [0.25, 0.3) is 0 Å². The van der Waals surface area contributed by atoms with Gasteiger partial charge in [-0.2, -0.15) is 0 Å². The second-order valence-corrected chi connectivity index (χ2v) is 4.29. The van der Waals surface area contributed by atoms with Crippen LogP contribution in [0, 0.1) is 5.82 Å². The average molecular weight is 290 g/mol. The molecule has 2 rings (SSSR count). The number of halogens is 1. The topological polar surface area (TPSA) is 73.6 Å². The Morgan fingerprint density at radius 1 is 1.10 bits per heavy atom. The van der Waals surface area contributed by atoms with Gasteiger partial charge in [0.05, 0.1) is 19.8 Å². The van der Waals surface area contributed by atoms with Gasteiger partial charge in [0, 0.05) is 29.6 Å². The average Bonchev–Trinajstić information content (AvgIpc) is 2.46. The second-order valence-electron chi connectivity index (χ2n) is 4.29. The van der Waals surface area contributed by atoms with Gasteiger partial charge in [0.15, 0.2) is 0 Å². The maximum Gasteiger partial charge on any atom is 0.257 e. The smallest absolute Gasteiger partial charge is 0.257 e. The number of anilines is 2. The molecular weight excluding hydrogens is 275 g/mol. The molecule has 2 aromatic rings. The summed E-state index contributed by atoms with van der Waals surface area (Å²) in [7, 11) is 3.02. The van der Waals surface area contributed by atoms with Gasteiger partial charge >= 0.3 is 0 Å². The first-order chi connectivity index (χ1) is 10.0. The monoisotopic (exact) mass is 290 g/mol. The van der Waals surface area contributed by atoms with Crippen LogP contribution < -0.4 is 20.5 Å². The number of carbonyl (C=O) groups excluding carboxylic acids is 1. The molecule has 0 aromatic heterocycles. The van der Waals surface area contributed by atoms with Crippen molar-refractivity contribution in [1.29, 1.82) is 0 Å². The fourth-order valence-electron chi connectivity index (χ4n) is 1.82. The van der Waals surface area contributed by atoms with Crippen LogP contribution in [0.5, 0.6) is 11.5 Å². The molecular formula is C15H15FN2O3. The van der Waals surface area contributed by atoms with Crippen LogP contribution in [0.1, 0.15) is 10.4 Å². The molecule has 3 N–H and O–H groups in total. The minimum Gasteiger partial charge on any atom is -0.497 e. The molecule has 6 heteroatoms. The van der Waals surface area contributed by atoms with E-state index in [0.717, 1.165) is 6.07 Å². The molecule has 0 bridgehead atoms. The number of hydrogen-bond donors (Lipinski definition) is 2. The summed E-state index contributed by atoms with van der Waals surface area (Å²) in [5.41, 5.74) is 6.39. The van der Waals surface area contributed by atoms with Gasteiger partial charge in [-0.1, -0.05) is 0 Å². The third kappa shape index (κ3) is 3.42. The Bertz CT molecular complexity index is 652. The summed E-state index contributed by atoms with van der Waals surface area (Å²) in [5.74, 6) is 0.142. The van der Waals surface area contributed by atoms with Crippen molar-refractivity contribution in [3.8, 4) is 11.5 Å². The lowest BCUT2D eigenvalue weighted by molar-refractivity contribution is 0.102. The summed E-state index contributed by atoms with van der Waals surface area (Å²) >= 11 is 0. The number of nitrogen functional groups attached to an aromatic ring is 1. The van der Waals surface area contributed by atoms with Crippen LogP contribution in [0.15, 0.2) is 36.4 Å². The lowest BCUT2D eigenvalue weighted by Crippen LogP contribution is -2.14. The normalized spacial score (nSPS) is 10.0. The molecule has 110 valence electrons. The molecule has 0 radical (unpaired) electrons. The Labute approximate surface area is 121 Å². The molecule has 0 aliphatic carbocycles. The fourth-order valence-corrected chi connectivity index (χ4v) is 1.82. The maximum absolute atomic E-state index is 13.0. The molecule has 0 heterocycles. The minimum atomic E-state index is -0.493. The maximum atomic E-state index is 13.0. The lowest BCUT2D eigenvalue weighted by Gasteiger charge is -2.11. The van der Waals surface area contributed by atoms with Crippen molar-refractivity contribution in [2.24, 2.45) is 0 Å². The number of hydrogen-bond acceptors (Lipinski definition) is 4. The molecule has 21 heavy (non-hydrogen) atoms. The van der Waals surface area contributed by atoms with Crippen molar-refractivity contribution in [1.82, 2.24) is 0 Å². The number of benzene rings is 2. The number of nitrogens with two attached hydrogens (primary N) is 1. The minimum absolute atomic E-state index is 0.0716. The number of methoxy groups -OCH3 is 2. The quantitative estimate of drug-likeness (QED) is 0.849. The van der Waals surface area contributed by atoms with Crippen molar-refractivity contribution in [3.05, 3.63) is 47.8 Å². The summed E-state index contributed by atoms with van der Waals surface area (Å²) in [6.45, 7) is 0. The first kappa shape index (κ1) is 14.6. The highest BCUT2D eigenvalue weighted by molar-refractivity contribution is 6.07. The van der Waals surface area contributed by atoms with Crippen LogP contribution in [-0.4, -0.2) is 20.1 Å². The molecule has 0 unspecified atom stereocenters. The van der Waals surface area contributed by atoms with Crippen molar-refractivity contribution in [2.75, 3.05) is 25.3 Å². The Kier molecular flexibility index (Phi) is 4.27. The lowest BCUT2D eigenvalue weighted by atomic mass is 10.1. The fraction of sp³-hybridized carbons (Fsp3) is 0.133. The summed E-state index contributed by atoms with van der Waals surface area (Å²) in [5, 5.41) is 2.67. The number of carbonyl (C=O) groups is 1. The van der Waals surface area contributed by atoms with E-state index in [9.17, 15) is 9.18 Å². The zero-order valence-corrected chi connectivity index (χ0v) is 11.6. The van der Waals surface area contributed by atoms with E-state index in [1.165, 1.54) is 26.4 Å². The van der Waals surface area contributed by atoms with Gasteiger partial charge in [0.1, 0.15) is 17.3 Å². The van der Waals surface area contributed by atoms with Crippen molar-refractivity contribution in [2.45, 2.75) is 0 Å². The molecule has 0 aliphatic rings. The summed E-state index contributed by atoms with van der Waals surface area (Å²) in [6, 6.07) is 8.57. The molecule has 5 nitrogen and oxygen atoms in total. The molecule has 0 saturated carbocycles. The Morgan fingerprint density at radius 3 is 2.24 bits per heavy atom. The third-order valence-corrected chi connectivity index (χ3v) is 2.87. The van der Waals surface area contributed by atoms with Crippen LogP contribution in [0.2, 0.25) is 0 Å². The molecule has 0 spiro atoms. The predicted molar refractivity (Wildman–Crippen MR) is 78.3 cm³/mol. The van der Waals surface area contributed by atoms with Crippen molar-refractivity contribution < 1.29 is 18.7 Å². The largest absolute Gasteiger partial charge is 0.497 e. The van der Waals surface area contributed by atoms with E-state index in [-0.39, 0.29) is 11.3 Å². The van der Waals surface area contributed by atoms with Gasteiger partial charge in [-0.15, -0.1) is 0 Å². The van der Waals surface area contributed by atoms with Gasteiger partial charge in [0.2, 0.25) is 0 Å². The van der Waals surface area contributed by atoms with E-state index < -0.39 is 11.7 Å². The highest BCUT2D eigenvalue weighted by Gasteiger charge is 2.12. The number of amides is 1. The van der Waals surface area contributed by atoms with Crippen LogP contribution in [0.3, 0.4) is 0 Å². The first-order valence-electron chi connectivity index (χ1n) is 6.13. The van der Waals surface area contributed by atoms with Crippen LogP contribution >= 0.6 is 0 Å².